The highest BCUT2D eigenvalue weighted by Crippen LogP contribution is 2.32. The van der Waals surface area contributed by atoms with Gasteiger partial charge in [-0.05, 0) is 38.7 Å². The van der Waals surface area contributed by atoms with Crippen LogP contribution in [-0.4, -0.2) is 42.7 Å². The molecule has 1 saturated heterocycles. The molecule has 8 nitrogen and oxygen atoms in total. The van der Waals surface area contributed by atoms with E-state index in [4.69, 9.17) is 11.6 Å². The van der Waals surface area contributed by atoms with Gasteiger partial charge in [-0.2, -0.15) is 4.31 Å². The number of nitrogens with zero attached hydrogens (tertiary/aromatic N) is 2. The summed E-state index contributed by atoms with van der Waals surface area (Å²) in [6, 6.07) is 2.33. The molecule has 1 amide bonds. The van der Waals surface area contributed by atoms with Gasteiger partial charge in [-0.15, -0.1) is 0 Å². The van der Waals surface area contributed by atoms with Crippen molar-refractivity contribution in [3.8, 4) is 0 Å². The fraction of sp³-hybridized carbons (Fsp3) is 0.611. The topological polar surface area (TPSA) is 110 Å². The molecule has 10 heteroatoms. The Bertz CT molecular complexity index is 864. The summed E-state index contributed by atoms with van der Waals surface area (Å²) in [5.41, 5.74) is -0.108. The minimum Gasteiger partial charge on any atom is -0.353 e. The molecule has 0 saturated carbocycles. The molecule has 28 heavy (non-hydrogen) atoms. The van der Waals surface area contributed by atoms with Crippen molar-refractivity contribution < 1.29 is 18.1 Å². The first-order valence-corrected chi connectivity index (χ1v) is 11.0. The van der Waals surface area contributed by atoms with E-state index in [9.17, 15) is 23.3 Å². The van der Waals surface area contributed by atoms with Crippen molar-refractivity contribution in [2.24, 2.45) is 11.8 Å². The average molecular weight is 432 g/mol. The van der Waals surface area contributed by atoms with Gasteiger partial charge in [-0.1, -0.05) is 25.4 Å². The number of nitro groups is 1. The fourth-order valence-electron chi connectivity index (χ4n) is 3.00. The first kappa shape index (κ1) is 22.6. The molecular formula is C18H26ClN3O5S. The molecule has 0 aliphatic carbocycles. The van der Waals surface area contributed by atoms with Crippen LogP contribution >= 0.6 is 11.6 Å². The minimum atomic E-state index is -3.93. The molecule has 1 aliphatic rings. The summed E-state index contributed by atoms with van der Waals surface area (Å²) in [4.78, 5) is 22.7. The number of carbonyl (C=O) groups is 1. The summed E-state index contributed by atoms with van der Waals surface area (Å²) in [5.74, 6) is 0.00218. The number of hydrogen-bond acceptors (Lipinski definition) is 5. The number of benzene rings is 1. The molecule has 156 valence electrons. The molecule has 1 fully saturated rings. The fourth-order valence-corrected chi connectivity index (χ4v) is 4.79. The van der Waals surface area contributed by atoms with E-state index in [1.807, 2.05) is 20.8 Å². The smallest absolute Gasteiger partial charge is 0.275 e. The van der Waals surface area contributed by atoms with Gasteiger partial charge in [0, 0.05) is 36.7 Å². The van der Waals surface area contributed by atoms with E-state index in [1.54, 1.807) is 0 Å². The molecule has 0 bridgehead atoms. The maximum absolute atomic E-state index is 12.9. The Kier molecular flexibility index (Phi) is 7.06. The number of sulfonamides is 1. The summed E-state index contributed by atoms with van der Waals surface area (Å²) in [6.07, 6.45) is 0.801. The number of halogens is 1. The molecule has 1 aromatic rings. The lowest BCUT2D eigenvalue weighted by Gasteiger charge is -2.31. The van der Waals surface area contributed by atoms with Crippen LogP contribution in [0.1, 0.15) is 39.2 Å². The molecule has 0 spiro atoms. The third-order valence-corrected chi connectivity index (χ3v) is 7.59. The quantitative estimate of drug-likeness (QED) is 0.549. The zero-order chi connectivity index (χ0) is 21.2. The predicted molar refractivity (Wildman–Crippen MR) is 107 cm³/mol. The van der Waals surface area contributed by atoms with Gasteiger partial charge in [0.15, 0.2) is 0 Å². The van der Waals surface area contributed by atoms with E-state index in [0.717, 1.165) is 6.07 Å². The van der Waals surface area contributed by atoms with Crippen molar-refractivity contribution in [3.63, 3.8) is 0 Å². The Hall–Kier alpha value is -1.71. The number of piperidine rings is 1. The standard InChI is InChI=1S/C18H26ClN3O5S/c1-11(2)13(4)20-18(23)14-5-7-21(8-6-14)28(26,27)15-9-16(19)12(3)17(10-15)22(24)25/h9-11,13-14H,5-8H2,1-4H3,(H,20,23). The molecule has 1 aliphatic heterocycles. The zero-order valence-corrected chi connectivity index (χ0v) is 18.0. The third-order valence-electron chi connectivity index (χ3n) is 5.32. The average Bonchev–Trinajstić information content (AvgIpc) is 2.63. The van der Waals surface area contributed by atoms with Gasteiger partial charge in [0.1, 0.15) is 0 Å². The normalized spacial score (nSPS) is 17.5. The van der Waals surface area contributed by atoms with Gasteiger partial charge in [0.2, 0.25) is 15.9 Å². The van der Waals surface area contributed by atoms with Gasteiger partial charge in [0.25, 0.3) is 5.69 Å². The Morgan fingerprint density at radius 2 is 1.86 bits per heavy atom. The predicted octanol–water partition coefficient (Wildman–Crippen LogP) is 3.12. The SMILES string of the molecule is Cc1c(Cl)cc(S(=O)(=O)N2CCC(C(=O)NC(C)C(C)C)CC2)cc1[N+](=O)[O-]. The van der Waals surface area contributed by atoms with Gasteiger partial charge in [-0.3, -0.25) is 14.9 Å². The van der Waals surface area contributed by atoms with Crippen LogP contribution in [0.3, 0.4) is 0 Å². The van der Waals surface area contributed by atoms with Crippen molar-refractivity contribution in [2.75, 3.05) is 13.1 Å². The van der Waals surface area contributed by atoms with Crippen LogP contribution in [0.5, 0.6) is 0 Å². The third kappa shape index (κ3) is 4.82. The maximum Gasteiger partial charge on any atom is 0.275 e. The summed E-state index contributed by atoms with van der Waals surface area (Å²) < 4.78 is 27.1. The number of hydrogen-bond donors (Lipinski definition) is 1. The maximum atomic E-state index is 12.9. The number of rotatable bonds is 6. The van der Waals surface area contributed by atoms with Crippen molar-refractivity contribution in [1.29, 1.82) is 0 Å². The summed E-state index contributed by atoms with van der Waals surface area (Å²) in [7, 11) is -3.93. The second-order valence-electron chi connectivity index (χ2n) is 7.53. The Morgan fingerprint density at radius 3 is 2.36 bits per heavy atom. The van der Waals surface area contributed by atoms with E-state index >= 15 is 0 Å². The second kappa shape index (κ2) is 8.75. The lowest BCUT2D eigenvalue weighted by molar-refractivity contribution is -0.385. The lowest BCUT2D eigenvalue weighted by atomic mass is 9.96. The number of amides is 1. The van der Waals surface area contributed by atoms with Crippen molar-refractivity contribution >= 4 is 33.2 Å². The molecule has 1 aromatic carbocycles. The van der Waals surface area contributed by atoms with Crippen LogP contribution in [-0.2, 0) is 14.8 Å². The Morgan fingerprint density at radius 1 is 1.29 bits per heavy atom. The molecular weight excluding hydrogens is 406 g/mol. The molecule has 1 atom stereocenters. The molecule has 1 unspecified atom stereocenters. The van der Waals surface area contributed by atoms with Crippen molar-refractivity contribution in [2.45, 2.75) is 51.5 Å². The number of nitrogens with one attached hydrogen (secondary N) is 1. The van der Waals surface area contributed by atoms with Crippen LogP contribution in [0.15, 0.2) is 17.0 Å². The van der Waals surface area contributed by atoms with Crippen LogP contribution in [0.25, 0.3) is 0 Å². The molecule has 0 radical (unpaired) electrons. The first-order chi connectivity index (χ1) is 12.9. The van der Waals surface area contributed by atoms with E-state index < -0.39 is 14.9 Å². The van der Waals surface area contributed by atoms with Gasteiger partial charge >= 0.3 is 0 Å². The van der Waals surface area contributed by atoms with E-state index in [-0.39, 0.29) is 52.1 Å². The Labute approximate surface area is 170 Å². The van der Waals surface area contributed by atoms with Crippen molar-refractivity contribution in [1.82, 2.24) is 9.62 Å². The molecule has 1 N–H and O–H groups in total. The largest absolute Gasteiger partial charge is 0.353 e. The Balaban J connectivity index is 2.13. The van der Waals surface area contributed by atoms with Crippen LogP contribution in [0.2, 0.25) is 5.02 Å². The first-order valence-electron chi connectivity index (χ1n) is 9.20. The highest BCUT2D eigenvalue weighted by molar-refractivity contribution is 7.89. The second-order valence-corrected chi connectivity index (χ2v) is 9.87. The lowest BCUT2D eigenvalue weighted by Crippen LogP contribution is -2.45. The van der Waals surface area contributed by atoms with Crippen molar-refractivity contribution in [3.05, 3.63) is 32.8 Å². The molecule has 1 heterocycles. The summed E-state index contributed by atoms with van der Waals surface area (Å²) >= 11 is 6.01. The molecule has 0 aromatic heterocycles. The van der Waals surface area contributed by atoms with Gasteiger partial charge in [-0.25, -0.2) is 8.42 Å². The highest BCUT2D eigenvalue weighted by atomic mass is 35.5. The van der Waals surface area contributed by atoms with Crippen LogP contribution in [0, 0.1) is 28.9 Å². The van der Waals surface area contributed by atoms with Gasteiger partial charge in [0.05, 0.1) is 14.8 Å². The van der Waals surface area contributed by atoms with E-state index in [1.165, 1.54) is 17.3 Å². The monoisotopic (exact) mass is 431 g/mol. The van der Waals surface area contributed by atoms with Crippen LogP contribution < -0.4 is 5.32 Å². The van der Waals surface area contributed by atoms with Crippen LogP contribution in [0.4, 0.5) is 5.69 Å². The zero-order valence-electron chi connectivity index (χ0n) is 16.4. The molecule has 2 rings (SSSR count). The minimum absolute atomic E-state index is 0.0321. The summed E-state index contributed by atoms with van der Waals surface area (Å²) in [5, 5.41) is 14.2. The number of nitro benzene ring substituents is 1. The summed E-state index contributed by atoms with van der Waals surface area (Å²) in [6.45, 7) is 7.80. The van der Waals surface area contributed by atoms with E-state index in [0.29, 0.717) is 18.8 Å². The van der Waals surface area contributed by atoms with E-state index in [2.05, 4.69) is 5.32 Å². The van der Waals surface area contributed by atoms with Gasteiger partial charge < -0.3 is 5.32 Å². The highest BCUT2D eigenvalue weighted by Gasteiger charge is 2.34. The number of carbonyl (C=O) groups excluding carboxylic acids is 1.